The monoisotopic (exact) mass is 403 g/mol. The van der Waals surface area contributed by atoms with Gasteiger partial charge in [-0.3, -0.25) is 9.13 Å². The fourth-order valence-corrected chi connectivity index (χ4v) is 5.82. The normalized spacial score (nSPS) is 19.4. The van der Waals surface area contributed by atoms with Crippen molar-refractivity contribution in [2.45, 2.75) is 62.9 Å². The van der Waals surface area contributed by atoms with Gasteiger partial charge in [-0.15, -0.1) is 0 Å². The Labute approximate surface area is 151 Å². The van der Waals surface area contributed by atoms with E-state index in [4.69, 9.17) is 0 Å². The minimum absolute atomic E-state index is 0.332. The Hall–Kier alpha value is 0.220. The lowest BCUT2D eigenvalue weighted by Crippen LogP contribution is -2.30. The first kappa shape index (κ1) is 25.2. The minimum atomic E-state index is -4.70. The lowest BCUT2D eigenvalue weighted by molar-refractivity contribution is 0.107. The number of nitrogens with zero attached hydrogens (tertiary/aromatic N) is 1. The average Bonchev–Trinajstić information content (AvgIpc) is 2.55. The van der Waals surface area contributed by atoms with Gasteiger partial charge in [0.15, 0.2) is 0 Å². The van der Waals surface area contributed by atoms with E-state index in [1.807, 2.05) is 0 Å². The van der Waals surface area contributed by atoms with Crippen LogP contribution in [0.2, 0.25) is 0 Å². The molecule has 0 aliphatic carbocycles. The maximum Gasteiger partial charge on any atom is 0.371 e. The Morgan fingerprint density at radius 3 is 1.52 bits per heavy atom. The van der Waals surface area contributed by atoms with Crippen molar-refractivity contribution in [3.8, 4) is 0 Å². The summed E-state index contributed by atoms with van der Waals surface area (Å²) < 4.78 is 32.8. The summed E-state index contributed by atoms with van der Waals surface area (Å²) in [5.41, 5.74) is 0. The van der Waals surface area contributed by atoms with E-state index >= 15 is 0 Å². The zero-order valence-electron chi connectivity index (χ0n) is 15.9. The van der Waals surface area contributed by atoms with Crippen molar-refractivity contribution in [1.82, 2.24) is 4.90 Å². The van der Waals surface area contributed by atoms with Gasteiger partial charge in [-0.1, -0.05) is 38.5 Å². The molecule has 0 heterocycles. The Morgan fingerprint density at radius 1 is 0.800 bits per heavy atom. The second-order valence-corrected chi connectivity index (χ2v) is 11.2. The molecule has 0 saturated heterocycles. The smallest absolute Gasteiger partial charge is 0.368 e. The third-order valence-electron chi connectivity index (χ3n) is 4.27. The number of rotatable bonds is 15. The molecule has 0 bridgehead atoms. The average molecular weight is 403 g/mol. The van der Waals surface area contributed by atoms with Crippen molar-refractivity contribution < 1.29 is 33.1 Å². The zero-order valence-corrected chi connectivity index (χ0v) is 17.7. The number of hydrogen-bond acceptors (Lipinski definition) is 6. The molecule has 0 radical (unpaired) electrons. The van der Waals surface area contributed by atoms with Crippen LogP contribution in [0.15, 0.2) is 0 Å². The molecule has 0 aromatic carbocycles. The van der Waals surface area contributed by atoms with E-state index in [-0.39, 0.29) is 6.42 Å². The Bertz CT molecular complexity index is 435. The molecule has 2 atom stereocenters. The summed E-state index contributed by atoms with van der Waals surface area (Å²) in [6.07, 6.45) is 7.28. The molecular formula is C15H35NO7P2. The number of unbranched alkanes of at least 4 members (excludes halogenated alkanes) is 7. The quantitative estimate of drug-likeness (QED) is 0.281. The van der Waals surface area contributed by atoms with Gasteiger partial charge >= 0.3 is 15.2 Å². The summed E-state index contributed by atoms with van der Waals surface area (Å²) in [6.45, 7) is 1.10. The standard InChI is InChI=1S/C15H35NO7P2/c1-16(2)14-12-10-8-6-5-7-9-11-13-15(17,24(18,19)22-3)25(20,21)23-4/h17H,5-14H2,1-4H3,(H,18,19)(H,20,21). The lowest BCUT2D eigenvalue weighted by atomic mass is 10.1. The third kappa shape index (κ3) is 8.19. The highest BCUT2D eigenvalue weighted by Gasteiger charge is 2.60. The van der Waals surface area contributed by atoms with Gasteiger partial charge in [0, 0.05) is 14.2 Å². The van der Waals surface area contributed by atoms with Crippen molar-refractivity contribution in [3.63, 3.8) is 0 Å². The highest BCUT2D eigenvalue weighted by Crippen LogP contribution is 2.73. The molecular weight excluding hydrogens is 368 g/mol. The summed E-state index contributed by atoms with van der Waals surface area (Å²) >= 11 is 0. The van der Waals surface area contributed by atoms with Crippen LogP contribution in [0.4, 0.5) is 0 Å². The van der Waals surface area contributed by atoms with Crippen LogP contribution in [0.1, 0.15) is 57.8 Å². The summed E-state index contributed by atoms with van der Waals surface area (Å²) in [6, 6.07) is 0. The van der Waals surface area contributed by atoms with Gasteiger partial charge in [-0.2, -0.15) is 0 Å². The fourth-order valence-electron chi connectivity index (χ4n) is 2.59. The van der Waals surface area contributed by atoms with Crippen LogP contribution in [0, 0.1) is 0 Å². The molecule has 152 valence electrons. The highest BCUT2D eigenvalue weighted by atomic mass is 31.2. The van der Waals surface area contributed by atoms with Crippen molar-refractivity contribution in [3.05, 3.63) is 0 Å². The summed E-state index contributed by atoms with van der Waals surface area (Å²) in [4.78, 5) is 21.6. The molecule has 0 spiro atoms. The summed E-state index contributed by atoms with van der Waals surface area (Å²) in [5, 5.41) is 7.54. The first-order valence-electron chi connectivity index (χ1n) is 8.68. The summed E-state index contributed by atoms with van der Waals surface area (Å²) in [7, 11) is -3.45. The van der Waals surface area contributed by atoms with E-state index < -0.39 is 20.3 Å². The van der Waals surface area contributed by atoms with Gasteiger partial charge in [0.2, 0.25) is 0 Å². The predicted octanol–water partition coefficient (Wildman–Crippen LogP) is 3.37. The van der Waals surface area contributed by atoms with Crippen LogP contribution in [-0.2, 0) is 18.2 Å². The van der Waals surface area contributed by atoms with Crippen LogP contribution >= 0.6 is 15.2 Å². The van der Waals surface area contributed by atoms with E-state index in [9.17, 15) is 24.0 Å². The van der Waals surface area contributed by atoms with Crippen molar-refractivity contribution >= 4 is 15.2 Å². The molecule has 3 N–H and O–H groups in total. The maximum absolute atomic E-state index is 12.0. The van der Waals surface area contributed by atoms with Crippen LogP contribution in [-0.4, -0.2) is 59.7 Å². The fraction of sp³-hybridized carbons (Fsp3) is 1.00. The Balaban J connectivity index is 4.18. The highest BCUT2D eigenvalue weighted by molar-refractivity contribution is 7.72. The molecule has 0 aliphatic heterocycles. The van der Waals surface area contributed by atoms with Crippen molar-refractivity contribution in [2.75, 3.05) is 34.9 Å². The maximum atomic E-state index is 12.0. The SMILES string of the molecule is COP(=O)(O)C(O)(CCCCCCCCCCN(C)C)P(=O)(O)OC. The first-order chi connectivity index (χ1) is 11.5. The topological polar surface area (TPSA) is 117 Å². The zero-order chi connectivity index (χ0) is 19.6. The van der Waals surface area contributed by atoms with Crippen molar-refractivity contribution in [2.24, 2.45) is 0 Å². The molecule has 25 heavy (non-hydrogen) atoms. The molecule has 0 aromatic rings. The van der Waals surface area contributed by atoms with E-state index in [2.05, 4.69) is 28.0 Å². The summed E-state index contributed by atoms with van der Waals surface area (Å²) in [5.74, 6) is 0. The van der Waals surface area contributed by atoms with Crippen molar-refractivity contribution in [1.29, 1.82) is 0 Å². The molecule has 0 aliphatic rings. The molecule has 8 nitrogen and oxygen atoms in total. The Kier molecular flexibility index (Phi) is 11.9. The van der Waals surface area contributed by atoms with E-state index in [0.717, 1.165) is 40.0 Å². The van der Waals surface area contributed by atoms with Crippen LogP contribution in [0.5, 0.6) is 0 Å². The van der Waals surface area contributed by atoms with Gasteiger partial charge in [-0.05, 0) is 39.9 Å². The predicted molar refractivity (Wildman–Crippen MR) is 98.7 cm³/mol. The molecule has 2 unspecified atom stereocenters. The molecule has 10 heteroatoms. The second-order valence-electron chi connectivity index (χ2n) is 6.56. The Morgan fingerprint density at radius 2 is 1.16 bits per heavy atom. The van der Waals surface area contributed by atoms with Gasteiger partial charge in [0.05, 0.1) is 0 Å². The first-order valence-corrected chi connectivity index (χ1v) is 11.8. The van der Waals surface area contributed by atoms with Crippen LogP contribution < -0.4 is 0 Å². The molecule has 0 amide bonds. The third-order valence-corrected chi connectivity index (χ3v) is 9.03. The van der Waals surface area contributed by atoms with E-state index in [0.29, 0.717) is 12.8 Å². The van der Waals surface area contributed by atoms with Gasteiger partial charge < -0.3 is 28.8 Å². The van der Waals surface area contributed by atoms with Gasteiger partial charge in [0.25, 0.3) is 5.08 Å². The second kappa shape index (κ2) is 11.8. The molecule has 0 fully saturated rings. The lowest BCUT2D eigenvalue weighted by Gasteiger charge is -2.32. The van der Waals surface area contributed by atoms with E-state index in [1.54, 1.807) is 0 Å². The molecule has 0 rings (SSSR count). The number of aliphatic hydroxyl groups is 1. The van der Waals surface area contributed by atoms with Gasteiger partial charge in [0.1, 0.15) is 0 Å². The molecule has 0 saturated carbocycles. The van der Waals surface area contributed by atoms with Crippen LogP contribution in [0.25, 0.3) is 0 Å². The molecule has 0 aromatic heterocycles. The van der Waals surface area contributed by atoms with Gasteiger partial charge in [-0.25, -0.2) is 0 Å². The largest absolute Gasteiger partial charge is 0.371 e. The van der Waals surface area contributed by atoms with Crippen LogP contribution in [0.3, 0.4) is 0 Å². The number of hydrogen-bond donors (Lipinski definition) is 3. The van der Waals surface area contributed by atoms with E-state index in [1.165, 1.54) is 19.3 Å². The minimum Gasteiger partial charge on any atom is -0.368 e.